The molecule has 4 rings (SSSR count). The van der Waals surface area contributed by atoms with Crippen LogP contribution in [0.2, 0.25) is 0 Å². The summed E-state index contributed by atoms with van der Waals surface area (Å²) in [6, 6.07) is 8.00. The van der Waals surface area contributed by atoms with Crippen LogP contribution in [0.25, 0.3) is 11.0 Å². The standard InChI is InChI=1S/C19H22N2O4.C2H4O2/c1-2-11-7-19(23)25-17-9-13(4-5-14(11)17)24-10-18(22)21-16-8-12-3-6-15(16)20-12;1-2(3)4/h4-5,7,9,12,15-16,20H,2-3,6,8,10H2,1H3,(H,21,22);1H3,(H,3,4)/t12-,15+,16+;/m1./s1. The Labute approximate surface area is 168 Å². The molecule has 0 saturated carbocycles. The van der Waals surface area contributed by atoms with Crippen molar-refractivity contribution in [1.82, 2.24) is 10.6 Å². The number of ether oxygens (including phenoxy) is 1. The molecule has 2 aromatic rings. The maximum absolute atomic E-state index is 12.1. The normalized spacial score (nSPS) is 22.1. The van der Waals surface area contributed by atoms with Gasteiger partial charge in [0.1, 0.15) is 11.3 Å². The predicted octanol–water partition coefficient (Wildman–Crippen LogP) is 1.83. The molecule has 3 N–H and O–H groups in total. The number of hydrogen-bond acceptors (Lipinski definition) is 6. The molecule has 0 unspecified atom stereocenters. The second-order valence-corrected chi connectivity index (χ2v) is 7.37. The van der Waals surface area contributed by atoms with Crippen molar-refractivity contribution < 1.29 is 23.8 Å². The topological polar surface area (TPSA) is 118 Å². The monoisotopic (exact) mass is 402 g/mol. The van der Waals surface area contributed by atoms with E-state index in [0.29, 0.717) is 23.4 Å². The minimum Gasteiger partial charge on any atom is -0.484 e. The lowest BCUT2D eigenvalue weighted by molar-refractivity contribution is -0.134. The van der Waals surface area contributed by atoms with E-state index in [2.05, 4.69) is 10.6 Å². The molecular formula is C21H26N2O6. The van der Waals surface area contributed by atoms with Gasteiger partial charge in [-0.15, -0.1) is 0 Å². The Balaban J connectivity index is 0.000000552. The Morgan fingerprint density at radius 3 is 2.69 bits per heavy atom. The summed E-state index contributed by atoms with van der Waals surface area (Å²) >= 11 is 0. The molecule has 2 fully saturated rings. The van der Waals surface area contributed by atoms with E-state index < -0.39 is 5.97 Å². The summed E-state index contributed by atoms with van der Waals surface area (Å²) in [7, 11) is 0. The van der Waals surface area contributed by atoms with E-state index in [0.717, 1.165) is 37.1 Å². The molecule has 156 valence electrons. The molecule has 0 aliphatic carbocycles. The number of aryl methyl sites for hydroxylation is 1. The molecule has 3 atom stereocenters. The lowest BCUT2D eigenvalue weighted by Crippen LogP contribution is -2.44. The van der Waals surface area contributed by atoms with E-state index in [4.69, 9.17) is 19.1 Å². The van der Waals surface area contributed by atoms with Gasteiger partial charge in [-0.05, 0) is 43.4 Å². The van der Waals surface area contributed by atoms with Crippen LogP contribution in [0.4, 0.5) is 0 Å². The van der Waals surface area contributed by atoms with E-state index in [-0.39, 0.29) is 24.2 Å². The number of rotatable bonds is 5. The first kappa shape index (κ1) is 20.9. The molecule has 2 saturated heterocycles. The number of amides is 1. The molecule has 29 heavy (non-hydrogen) atoms. The van der Waals surface area contributed by atoms with Crippen molar-refractivity contribution in [3.8, 4) is 5.75 Å². The molecule has 0 radical (unpaired) electrons. The summed E-state index contributed by atoms with van der Waals surface area (Å²) < 4.78 is 10.8. The van der Waals surface area contributed by atoms with Crippen LogP contribution in [-0.2, 0) is 16.0 Å². The second-order valence-electron chi connectivity index (χ2n) is 7.37. The lowest BCUT2D eigenvalue weighted by atomic mass is 9.95. The average Bonchev–Trinajstić information content (AvgIpc) is 3.28. The summed E-state index contributed by atoms with van der Waals surface area (Å²) in [5, 5.41) is 14.9. The fraction of sp³-hybridized carbons (Fsp3) is 0.476. The van der Waals surface area contributed by atoms with Gasteiger partial charge in [-0.3, -0.25) is 9.59 Å². The molecule has 2 bridgehead atoms. The largest absolute Gasteiger partial charge is 0.484 e. The predicted molar refractivity (Wildman–Crippen MR) is 107 cm³/mol. The van der Waals surface area contributed by atoms with Gasteiger partial charge in [0.2, 0.25) is 0 Å². The van der Waals surface area contributed by atoms with Gasteiger partial charge in [0, 0.05) is 42.6 Å². The Hall–Kier alpha value is -2.87. The van der Waals surface area contributed by atoms with Gasteiger partial charge in [0.25, 0.3) is 11.9 Å². The highest BCUT2D eigenvalue weighted by Gasteiger charge is 2.39. The Morgan fingerprint density at radius 2 is 2.07 bits per heavy atom. The van der Waals surface area contributed by atoms with Crippen LogP contribution in [0.5, 0.6) is 5.75 Å². The highest BCUT2D eigenvalue weighted by atomic mass is 16.5. The molecule has 0 spiro atoms. The first-order valence-corrected chi connectivity index (χ1v) is 9.80. The SMILES string of the molecule is CC(=O)O.CCc1cc(=O)oc2cc(OCC(=O)N[C@H]3C[C@H]4CC[C@@H]3N4)ccc12. The van der Waals surface area contributed by atoms with Crippen LogP contribution in [0, 0.1) is 0 Å². The number of nitrogens with one attached hydrogen (secondary N) is 2. The molecular weight excluding hydrogens is 376 g/mol. The lowest BCUT2D eigenvalue weighted by Gasteiger charge is -2.21. The maximum atomic E-state index is 12.1. The molecule has 1 aromatic carbocycles. The molecule has 8 nitrogen and oxygen atoms in total. The maximum Gasteiger partial charge on any atom is 0.336 e. The highest BCUT2D eigenvalue weighted by molar-refractivity contribution is 5.82. The van der Waals surface area contributed by atoms with E-state index in [1.165, 1.54) is 12.5 Å². The van der Waals surface area contributed by atoms with Gasteiger partial charge < -0.3 is 24.9 Å². The summed E-state index contributed by atoms with van der Waals surface area (Å²) in [5.41, 5.74) is 1.06. The average molecular weight is 402 g/mol. The number of hydrogen-bond donors (Lipinski definition) is 3. The van der Waals surface area contributed by atoms with Gasteiger partial charge >= 0.3 is 5.63 Å². The summed E-state index contributed by atoms with van der Waals surface area (Å²) in [6.07, 6.45) is 4.08. The van der Waals surface area contributed by atoms with E-state index in [1.54, 1.807) is 12.1 Å². The zero-order valence-corrected chi connectivity index (χ0v) is 16.6. The number of carbonyl (C=O) groups is 2. The number of carboxylic acids is 1. The Morgan fingerprint density at radius 1 is 1.31 bits per heavy atom. The Kier molecular flexibility index (Phi) is 6.53. The van der Waals surface area contributed by atoms with E-state index in [9.17, 15) is 9.59 Å². The van der Waals surface area contributed by atoms with Crippen molar-refractivity contribution in [1.29, 1.82) is 0 Å². The fourth-order valence-corrected chi connectivity index (χ4v) is 3.97. The fourth-order valence-electron chi connectivity index (χ4n) is 3.97. The number of fused-ring (bicyclic) bond motifs is 3. The number of aliphatic carboxylic acids is 1. The number of carboxylic acid groups (broad SMARTS) is 1. The van der Waals surface area contributed by atoms with E-state index in [1.807, 2.05) is 13.0 Å². The third-order valence-corrected chi connectivity index (χ3v) is 5.20. The van der Waals surface area contributed by atoms with Crippen molar-refractivity contribution in [2.45, 2.75) is 57.7 Å². The van der Waals surface area contributed by atoms with Gasteiger partial charge in [-0.25, -0.2) is 4.79 Å². The molecule has 2 aliphatic heterocycles. The molecule has 2 aliphatic rings. The van der Waals surface area contributed by atoms with Crippen LogP contribution in [-0.4, -0.2) is 41.7 Å². The third kappa shape index (κ3) is 5.35. The minimum absolute atomic E-state index is 0.0445. The molecule has 1 amide bonds. The Bertz CT molecular complexity index is 950. The molecule has 8 heteroatoms. The van der Waals surface area contributed by atoms with Gasteiger partial charge in [-0.1, -0.05) is 6.92 Å². The van der Waals surface area contributed by atoms with Crippen molar-refractivity contribution >= 4 is 22.8 Å². The van der Waals surface area contributed by atoms with Crippen LogP contribution in [0.15, 0.2) is 33.5 Å². The molecule has 3 heterocycles. The summed E-state index contributed by atoms with van der Waals surface area (Å²) in [6.45, 7) is 3.03. The van der Waals surface area contributed by atoms with Crippen molar-refractivity contribution in [2.75, 3.05) is 6.61 Å². The van der Waals surface area contributed by atoms with Gasteiger partial charge in [0.05, 0.1) is 0 Å². The van der Waals surface area contributed by atoms with Gasteiger partial charge in [0.15, 0.2) is 6.61 Å². The first-order valence-electron chi connectivity index (χ1n) is 9.80. The van der Waals surface area contributed by atoms with Crippen molar-refractivity contribution in [3.63, 3.8) is 0 Å². The zero-order valence-electron chi connectivity index (χ0n) is 16.6. The zero-order chi connectivity index (χ0) is 21.0. The number of carbonyl (C=O) groups excluding carboxylic acids is 1. The quantitative estimate of drug-likeness (QED) is 0.653. The smallest absolute Gasteiger partial charge is 0.336 e. The minimum atomic E-state index is -0.833. The van der Waals surface area contributed by atoms with Crippen molar-refractivity contribution in [2.24, 2.45) is 0 Å². The molecule has 1 aromatic heterocycles. The summed E-state index contributed by atoms with van der Waals surface area (Å²) in [5.74, 6) is -0.437. The third-order valence-electron chi connectivity index (χ3n) is 5.20. The van der Waals surface area contributed by atoms with Crippen LogP contribution in [0.3, 0.4) is 0 Å². The van der Waals surface area contributed by atoms with Crippen LogP contribution in [0.1, 0.15) is 38.7 Å². The second kappa shape index (κ2) is 9.09. The summed E-state index contributed by atoms with van der Waals surface area (Å²) in [4.78, 5) is 32.7. The first-order chi connectivity index (χ1) is 13.9. The van der Waals surface area contributed by atoms with Crippen LogP contribution >= 0.6 is 0 Å². The van der Waals surface area contributed by atoms with Crippen molar-refractivity contribution in [3.05, 3.63) is 40.2 Å². The van der Waals surface area contributed by atoms with E-state index >= 15 is 0 Å². The van der Waals surface area contributed by atoms with Gasteiger partial charge in [-0.2, -0.15) is 0 Å². The number of benzene rings is 1. The van der Waals surface area contributed by atoms with Crippen LogP contribution < -0.4 is 21.0 Å². The highest BCUT2D eigenvalue weighted by Crippen LogP contribution is 2.28.